The van der Waals surface area contributed by atoms with Crippen molar-refractivity contribution < 1.29 is 9.13 Å². The van der Waals surface area contributed by atoms with Gasteiger partial charge in [-0.2, -0.15) is 0 Å². The van der Waals surface area contributed by atoms with Crippen molar-refractivity contribution in [1.82, 2.24) is 25.4 Å². The highest BCUT2D eigenvalue weighted by Crippen LogP contribution is 2.21. The van der Waals surface area contributed by atoms with Crippen molar-refractivity contribution in [2.24, 2.45) is 4.99 Å². The predicted octanol–water partition coefficient (Wildman–Crippen LogP) is 3.70. The van der Waals surface area contributed by atoms with Crippen LogP contribution in [0.4, 0.5) is 4.39 Å². The third kappa shape index (κ3) is 7.45. The number of guanidine groups is 1. The van der Waals surface area contributed by atoms with E-state index in [1.165, 1.54) is 13.2 Å². The van der Waals surface area contributed by atoms with Crippen LogP contribution in [0.1, 0.15) is 51.5 Å². The molecule has 0 fully saturated rings. The molecule has 1 heterocycles. The summed E-state index contributed by atoms with van der Waals surface area (Å²) < 4.78 is 21.0. The minimum Gasteiger partial charge on any atom is -0.494 e. The number of nitrogens with one attached hydrogen (secondary N) is 2. The molecule has 0 aliphatic heterocycles. The van der Waals surface area contributed by atoms with Crippen molar-refractivity contribution in [3.05, 3.63) is 41.7 Å². The van der Waals surface area contributed by atoms with Gasteiger partial charge in [0, 0.05) is 19.0 Å². The van der Waals surface area contributed by atoms with Crippen LogP contribution in [-0.2, 0) is 13.0 Å². The molecule has 0 aliphatic carbocycles. The van der Waals surface area contributed by atoms with E-state index < -0.39 is 0 Å². The lowest BCUT2D eigenvalue weighted by molar-refractivity contribution is 0.386. The van der Waals surface area contributed by atoms with Crippen LogP contribution in [0.2, 0.25) is 0 Å². The van der Waals surface area contributed by atoms with E-state index >= 15 is 0 Å². The van der Waals surface area contributed by atoms with Crippen molar-refractivity contribution in [1.29, 1.82) is 0 Å². The molecule has 0 bridgehead atoms. The summed E-state index contributed by atoms with van der Waals surface area (Å²) in [5.41, 5.74) is 0.823. The molecule has 0 saturated carbocycles. The number of rotatable bonds is 9. The van der Waals surface area contributed by atoms with Crippen molar-refractivity contribution >= 4 is 29.9 Å². The van der Waals surface area contributed by atoms with Gasteiger partial charge in [-0.05, 0) is 38.0 Å². The van der Waals surface area contributed by atoms with Gasteiger partial charge in [-0.3, -0.25) is 4.99 Å². The number of aliphatic imine (C=N–C) groups is 1. The molecular weight excluding hydrogens is 486 g/mol. The van der Waals surface area contributed by atoms with E-state index in [4.69, 9.17) is 4.74 Å². The molecule has 2 atom stereocenters. The first-order valence-corrected chi connectivity index (χ1v) is 9.76. The highest BCUT2D eigenvalue weighted by Gasteiger charge is 2.13. The molecule has 1 aromatic carbocycles. The van der Waals surface area contributed by atoms with Gasteiger partial charge in [-0.1, -0.05) is 19.9 Å². The molecule has 0 radical (unpaired) electrons. The number of hydrogen-bond acceptors (Lipinski definition) is 4. The fourth-order valence-corrected chi connectivity index (χ4v) is 2.72. The topological polar surface area (TPSA) is 76.4 Å². The highest BCUT2D eigenvalue weighted by atomic mass is 127. The molecule has 29 heavy (non-hydrogen) atoms. The molecule has 9 heteroatoms. The van der Waals surface area contributed by atoms with Crippen LogP contribution in [0, 0.1) is 5.82 Å². The average Bonchev–Trinajstić information content (AvgIpc) is 3.15. The maximum absolute atomic E-state index is 14.0. The van der Waals surface area contributed by atoms with E-state index in [2.05, 4.69) is 46.6 Å². The van der Waals surface area contributed by atoms with Crippen LogP contribution in [0.15, 0.2) is 29.5 Å². The lowest BCUT2D eigenvalue weighted by Gasteiger charge is -2.22. The van der Waals surface area contributed by atoms with Gasteiger partial charge in [0.1, 0.15) is 12.2 Å². The Kier molecular flexibility index (Phi) is 10.9. The quantitative estimate of drug-likeness (QED) is 0.301. The zero-order valence-electron chi connectivity index (χ0n) is 17.8. The molecule has 0 spiro atoms. The number of methoxy groups -OCH3 is 1. The monoisotopic (exact) mass is 518 g/mol. The minimum atomic E-state index is -0.373. The summed E-state index contributed by atoms with van der Waals surface area (Å²) >= 11 is 0. The van der Waals surface area contributed by atoms with E-state index in [9.17, 15) is 4.39 Å². The maximum atomic E-state index is 14.0. The van der Waals surface area contributed by atoms with E-state index in [0.717, 1.165) is 24.2 Å². The van der Waals surface area contributed by atoms with Gasteiger partial charge in [0.2, 0.25) is 0 Å². The van der Waals surface area contributed by atoms with Crippen molar-refractivity contribution in [2.45, 2.75) is 59.2 Å². The molecule has 0 saturated heterocycles. The van der Waals surface area contributed by atoms with Gasteiger partial charge >= 0.3 is 0 Å². The smallest absolute Gasteiger partial charge is 0.192 e. The first-order valence-electron chi connectivity index (χ1n) is 9.76. The lowest BCUT2D eigenvalue weighted by Crippen LogP contribution is -2.43. The summed E-state index contributed by atoms with van der Waals surface area (Å²) in [6.07, 6.45) is 3.53. The number of aryl methyl sites for hydroxylation is 1. The van der Waals surface area contributed by atoms with E-state index in [1.54, 1.807) is 12.4 Å². The second kappa shape index (κ2) is 12.6. The number of benzene rings is 1. The largest absolute Gasteiger partial charge is 0.494 e. The summed E-state index contributed by atoms with van der Waals surface area (Å²) in [6, 6.07) is 5.14. The van der Waals surface area contributed by atoms with Gasteiger partial charge in [-0.15, -0.1) is 34.2 Å². The van der Waals surface area contributed by atoms with Crippen LogP contribution in [0.25, 0.3) is 0 Å². The second-order valence-electron chi connectivity index (χ2n) is 6.74. The SMILES string of the molecule is CCc1nncn1CCN=C(NC(C)CC)NC(C)c1ccc(OC)c(F)c1.I. The second-order valence-corrected chi connectivity index (χ2v) is 6.74. The highest BCUT2D eigenvalue weighted by molar-refractivity contribution is 14.0. The first kappa shape index (κ1) is 25.1. The van der Waals surface area contributed by atoms with Crippen LogP contribution >= 0.6 is 24.0 Å². The van der Waals surface area contributed by atoms with Gasteiger partial charge in [0.05, 0.1) is 19.7 Å². The van der Waals surface area contributed by atoms with Gasteiger partial charge in [-0.25, -0.2) is 4.39 Å². The molecule has 0 amide bonds. The Morgan fingerprint density at radius 2 is 2.03 bits per heavy atom. The zero-order valence-corrected chi connectivity index (χ0v) is 20.1. The molecule has 1 aromatic heterocycles. The van der Waals surface area contributed by atoms with Gasteiger partial charge in [0.25, 0.3) is 0 Å². The van der Waals surface area contributed by atoms with Gasteiger partial charge in [0.15, 0.2) is 17.5 Å². The molecule has 2 unspecified atom stereocenters. The summed E-state index contributed by atoms with van der Waals surface area (Å²) in [5.74, 6) is 1.51. The zero-order chi connectivity index (χ0) is 20.5. The first-order chi connectivity index (χ1) is 13.5. The van der Waals surface area contributed by atoms with Crippen molar-refractivity contribution in [3.8, 4) is 5.75 Å². The number of ether oxygens (including phenoxy) is 1. The van der Waals surface area contributed by atoms with E-state index in [0.29, 0.717) is 19.0 Å². The predicted molar refractivity (Wildman–Crippen MR) is 125 cm³/mol. The molecule has 162 valence electrons. The van der Waals surface area contributed by atoms with Crippen LogP contribution in [0.5, 0.6) is 5.75 Å². The molecule has 2 rings (SSSR count). The van der Waals surface area contributed by atoms with Gasteiger partial charge < -0.3 is 19.9 Å². The number of aromatic nitrogens is 3. The minimum absolute atomic E-state index is 0. The Morgan fingerprint density at radius 3 is 2.66 bits per heavy atom. The maximum Gasteiger partial charge on any atom is 0.192 e. The average molecular weight is 518 g/mol. The Balaban J connectivity index is 0.00000420. The molecule has 0 aliphatic rings. The fourth-order valence-electron chi connectivity index (χ4n) is 2.72. The number of halogens is 2. The summed E-state index contributed by atoms with van der Waals surface area (Å²) in [6.45, 7) is 9.53. The summed E-state index contributed by atoms with van der Waals surface area (Å²) in [4.78, 5) is 4.68. The lowest BCUT2D eigenvalue weighted by atomic mass is 10.1. The van der Waals surface area contributed by atoms with Crippen molar-refractivity contribution in [2.75, 3.05) is 13.7 Å². The summed E-state index contributed by atoms with van der Waals surface area (Å²) in [5, 5.41) is 14.8. The Bertz CT molecular complexity index is 782. The third-order valence-corrected chi connectivity index (χ3v) is 4.65. The van der Waals surface area contributed by atoms with Crippen LogP contribution < -0.4 is 15.4 Å². The number of hydrogen-bond donors (Lipinski definition) is 2. The van der Waals surface area contributed by atoms with Crippen LogP contribution in [-0.4, -0.2) is 40.4 Å². The molecule has 2 N–H and O–H groups in total. The standard InChI is InChI=1S/C20H31FN6O.HI/c1-6-14(3)24-20(22-10-11-27-13-23-26-19(27)7-2)25-15(4)16-8-9-18(28-5)17(21)12-16;/h8-9,12-15H,6-7,10-11H2,1-5H3,(H2,22,24,25);1H. The van der Waals surface area contributed by atoms with Crippen molar-refractivity contribution in [3.63, 3.8) is 0 Å². The van der Waals surface area contributed by atoms with E-state index in [-0.39, 0.29) is 47.6 Å². The fraction of sp³-hybridized carbons (Fsp3) is 0.550. The molecule has 7 nitrogen and oxygen atoms in total. The van der Waals surface area contributed by atoms with E-state index in [1.807, 2.05) is 17.6 Å². The normalized spacial score (nSPS) is 13.4. The Labute approximate surface area is 189 Å². The molecule has 2 aromatic rings. The Hall–Kier alpha value is -1.91. The number of nitrogens with zero attached hydrogens (tertiary/aromatic N) is 4. The van der Waals surface area contributed by atoms with Crippen LogP contribution in [0.3, 0.4) is 0 Å². The Morgan fingerprint density at radius 1 is 1.28 bits per heavy atom. The third-order valence-electron chi connectivity index (χ3n) is 4.65. The summed E-state index contributed by atoms with van der Waals surface area (Å²) in [7, 11) is 1.46. The molecular formula is C20H32FIN6O.